The Morgan fingerprint density at radius 3 is 2.55 bits per heavy atom. The fraction of sp³-hybridized carbons (Fsp3) is 0.0625. The van der Waals surface area contributed by atoms with Crippen LogP contribution in [0.5, 0.6) is 17.2 Å². The SMILES string of the molecule is COc1cccc(C=CC(=O)c2ccccc2O)c1O. The predicted molar refractivity (Wildman–Crippen MR) is 76.1 cm³/mol. The Morgan fingerprint density at radius 1 is 1.10 bits per heavy atom. The smallest absolute Gasteiger partial charge is 0.189 e. The second-order valence-electron chi connectivity index (χ2n) is 4.11. The number of hydrogen-bond donors (Lipinski definition) is 2. The first-order valence-corrected chi connectivity index (χ1v) is 6.00. The maximum atomic E-state index is 11.9. The van der Waals surface area contributed by atoms with Gasteiger partial charge >= 0.3 is 0 Å². The first-order valence-electron chi connectivity index (χ1n) is 6.00. The zero-order valence-corrected chi connectivity index (χ0v) is 10.9. The van der Waals surface area contributed by atoms with Crippen LogP contribution in [-0.4, -0.2) is 23.1 Å². The molecule has 0 atom stereocenters. The van der Waals surface area contributed by atoms with Gasteiger partial charge < -0.3 is 14.9 Å². The lowest BCUT2D eigenvalue weighted by Crippen LogP contribution is -1.94. The van der Waals surface area contributed by atoms with Gasteiger partial charge in [0.25, 0.3) is 0 Å². The minimum atomic E-state index is -0.342. The quantitative estimate of drug-likeness (QED) is 0.662. The summed E-state index contributed by atoms with van der Waals surface area (Å²) >= 11 is 0. The van der Waals surface area contributed by atoms with Crippen LogP contribution >= 0.6 is 0 Å². The van der Waals surface area contributed by atoms with Gasteiger partial charge in [-0.05, 0) is 30.4 Å². The minimum absolute atomic E-state index is 0.0312. The molecule has 0 heterocycles. The topological polar surface area (TPSA) is 66.8 Å². The van der Waals surface area contributed by atoms with Crippen LogP contribution in [0.4, 0.5) is 0 Å². The Bertz CT molecular complexity index is 659. The molecule has 0 saturated heterocycles. The third-order valence-electron chi connectivity index (χ3n) is 2.83. The predicted octanol–water partition coefficient (Wildman–Crippen LogP) is 3.00. The normalized spacial score (nSPS) is 10.7. The van der Waals surface area contributed by atoms with E-state index in [9.17, 15) is 15.0 Å². The molecule has 0 aromatic heterocycles. The largest absolute Gasteiger partial charge is 0.507 e. The first kappa shape index (κ1) is 13.7. The van der Waals surface area contributed by atoms with E-state index in [4.69, 9.17) is 4.74 Å². The molecule has 0 spiro atoms. The third-order valence-corrected chi connectivity index (χ3v) is 2.83. The van der Waals surface area contributed by atoms with E-state index in [1.165, 1.54) is 31.4 Å². The summed E-state index contributed by atoms with van der Waals surface area (Å²) in [4.78, 5) is 11.9. The van der Waals surface area contributed by atoms with Gasteiger partial charge in [-0.1, -0.05) is 24.3 Å². The summed E-state index contributed by atoms with van der Waals surface area (Å²) in [5, 5.41) is 19.5. The average Bonchev–Trinajstić information content (AvgIpc) is 2.46. The van der Waals surface area contributed by atoms with Gasteiger partial charge in [-0.2, -0.15) is 0 Å². The lowest BCUT2D eigenvalue weighted by molar-refractivity contribution is 0.104. The molecule has 4 heteroatoms. The van der Waals surface area contributed by atoms with Crippen LogP contribution in [0.1, 0.15) is 15.9 Å². The Kier molecular flexibility index (Phi) is 4.05. The zero-order valence-electron chi connectivity index (χ0n) is 10.9. The van der Waals surface area contributed by atoms with E-state index in [0.717, 1.165) is 0 Å². The van der Waals surface area contributed by atoms with Crippen molar-refractivity contribution in [1.82, 2.24) is 0 Å². The van der Waals surface area contributed by atoms with E-state index in [0.29, 0.717) is 11.3 Å². The number of ether oxygens (including phenoxy) is 1. The number of carbonyl (C=O) groups excluding carboxylic acids is 1. The number of methoxy groups -OCH3 is 1. The third kappa shape index (κ3) is 2.80. The van der Waals surface area contributed by atoms with Gasteiger partial charge in [0.2, 0.25) is 0 Å². The molecule has 2 rings (SSSR count). The van der Waals surface area contributed by atoms with Crippen molar-refractivity contribution in [2.45, 2.75) is 0 Å². The molecule has 0 bridgehead atoms. The van der Waals surface area contributed by atoms with Crippen molar-refractivity contribution in [3.63, 3.8) is 0 Å². The highest BCUT2D eigenvalue weighted by atomic mass is 16.5. The standard InChI is InChI=1S/C16H14O4/c1-20-15-8-4-5-11(16(15)19)9-10-14(18)12-6-2-3-7-13(12)17/h2-10,17,19H,1H3. The summed E-state index contributed by atoms with van der Waals surface area (Å²) in [5.74, 6) is -0.110. The highest BCUT2D eigenvalue weighted by Crippen LogP contribution is 2.30. The maximum absolute atomic E-state index is 11.9. The Balaban J connectivity index is 2.26. The number of benzene rings is 2. The molecule has 0 radical (unpaired) electrons. The highest BCUT2D eigenvalue weighted by Gasteiger charge is 2.08. The van der Waals surface area contributed by atoms with Crippen molar-refractivity contribution in [3.8, 4) is 17.2 Å². The summed E-state index contributed by atoms with van der Waals surface area (Å²) < 4.78 is 4.99. The maximum Gasteiger partial charge on any atom is 0.189 e. The molecule has 2 aromatic rings. The molecular weight excluding hydrogens is 256 g/mol. The molecule has 102 valence electrons. The number of hydrogen-bond acceptors (Lipinski definition) is 4. The Hall–Kier alpha value is -2.75. The molecule has 0 aliphatic rings. The lowest BCUT2D eigenvalue weighted by atomic mass is 10.1. The Morgan fingerprint density at radius 2 is 1.85 bits per heavy atom. The number of phenolic OH excluding ortho intramolecular Hbond substituents is 2. The monoisotopic (exact) mass is 270 g/mol. The second-order valence-corrected chi connectivity index (χ2v) is 4.11. The molecule has 0 aliphatic heterocycles. The molecule has 20 heavy (non-hydrogen) atoms. The summed E-state index contributed by atoms with van der Waals surface area (Å²) in [5.41, 5.74) is 0.680. The highest BCUT2D eigenvalue weighted by molar-refractivity contribution is 6.08. The minimum Gasteiger partial charge on any atom is -0.507 e. The molecule has 0 unspecified atom stereocenters. The van der Waals surface area contributed by atoms with Gasteiger partial charge in [-0.15, -0.1) is 0 Å². The molecule has 0 fully saturated rings. The van der Waals surface area contributed by atoms with E-state index < -0.39 is 0 Å². The van der Waals surface area contributed by atoms with E-state index in [1.807, 2.05) is 0 Å². The molecular formula is C16H14O4. The zero-order chi connectivity index (χ0) is 14.5. The average molecular weight is 270 g/mol. The fourth-order valence-corrected chi connectivity index (χ4v) is 1.78. The van der Waals surface area contributed by atoms with Crippen LogP contribution in [0.3, 0.4) is 0 Å². The van der Waals surface area contributed by atoms with Gasteiger partial charge in [0, 0.05) is 5.56 Å². The number of carbonyl (C=O) groups is 1. The number of ketones is 1. The molecule has 2 aromatic carbocycles. The van der Waals surface area contributed by atoms with Crippen LogP contribution in [0.15, 0.2) is 48.5 Å². The summed E-state index contributed by atoms with van der Waals surface area (Å²) in [6.45, 7) is 0. The summed E-state index contributed by atoms with van der Waals surface area (Å²) in [7, 11) is 1.45. The molecule has 4 nitrogen and oxygen atoms in total. The fourth-order valence-electron chi connectivity index (χ4n) is 1.78. The van der Waals surface area contributed by atoms with Crippen molar-refractivity contribution in [2.24, 2.45) is 0 Å². The molecule has 0 aliphatic carbocycles. The second kappa shape index (κ2) is 5.93. The van der Waals surface area contributed by atoms with Crippen LogP contribution in [0.25, 0.3) is 6.08 Å². The van der Waals surface area contributed by atoms with Gasteiger partial charge in [0.05, 0.1) is 12.7 Å². The van der Waals surface area contributed by atoms with Gasteiger partial charge in [-0.25, -0.2) is 0 Å². The van der Waals surface area contributed by atoms with Crippen LogP contribution in [0.2, 0.25) is 0 Å². The molecule has 2 N–H and O–H groups in total. The van der Waals surface area contributed by atoms with Crippen molar-refractivity contribution in [2.75, 3.05) is 7.11 Å². The number of rotatable bonds is 4. The van der Waals surface area contributed by atoms with Crippen molar-refractivity contribution >= 4 is 11.9 Å². The van der Waals surface area contributed by atoms with Gasteiger partial charge in [-0.3, -0.25) is 4.79 Å². The summed E-state index contributed by atoms with van der Waals surface area (Å²) in [6.07, 6.45) is 2.77. The van der Waals surface area contributed by atoms with Crippen molar-refractivity contribution in [3.05, 3.63) is 59.7 Å². The van der Waals surface area contributed by atoms with Crippen molar-refractivity contribution in [1.29, 1.82) is 0 Å². The van der Waals surface area contributed by atoms with E-state index in [1.54, 1.807) is 30.3 Å². The number of aromatic hydroxyl groups is 2. The van der Waals surface area contributed by atoms with E-state index in [2.05, 4.69) is 0 Å². The van der Waals surface area contributed by atoms with Crippen molar-refractivity contribution < 1.29 is 19.7 Å². The summed E-state index contributed by atoms with van der Waals surface area (Å²) in [6, 6.07) is 11.3. The molecule has 0 amide bonds. The van der Waals surface area contributed by atoms with E-state index >= 15 is 0 Å². The Labute approximate surface area is 116 Å². The first-order chi connectivity index (χ1) is 9.63. The molecule has 0 saturated carbocycles. The lowest BCUT2D eigenvalue weighted by Gasteiger charge is -2.05. The van der Waals surface area contributed by atoms with Crippen LogP contribution in [0, 0.1) is 0 Å². The number of phenols is 2. The van der Waals surface area contributed by atoms with Gasteiger partial charge in [0.1, 0.15) is 5.75 Å². The number of allylic oxidation sites excluding steroid dienone is 1. The van der Waals surface area contributed by atoms with Gasteiger partial charge in [0.15, 0.2) is 17.3 Å². The van der Waals surface area contributed by atoms with Crippen LogP contribution in [-0.2, 0) is 0 Å². The number of para-hydroxylation sites is 2. The van der Waals surface area contributed by atoms with Crippen LogP contribution < -0.4 is 4.74 Å². The van der Waals surface area contributed by atoms with E-state index in [-0.39, 0.29) is 22.8 Å².